The van der Waals surface area contributed by atoms with E-state index >= 15 is 0 Å². The van der Waals surface area contributed by atoms with Gasteiger partial charge in [-0.3, -0.25) is 12.2 Å². The van der Waals surface area contributed by atoms with E-state index in [9.17, 15) is 0 Å². The van der Waals surface area contributed by atoms with Crippen LogP contribution in [0.25, 0.3) is 0 Å². The van der Waals surface area contributed by atoms with Gasteiger partial charge in [0.25, 0.3) is 0 Å². The predicted molar refractivity (Wildman–Crippen MR) is 175 cm³/mol. The van der Waals surface area contributed by atoms with Gasteiger partial charge < -0.3 is 24.8 Å². The van der Waals surface area contributed by atoms with Crippen molar-refractivity contribution >= 4 is 16.1 Å². The molecule has 0 atom stereocenters. The third kappa shape index (κ3) is 14.4. The second kappa shape index (κ2) is 24.9. The van der Waals surface area contributed by atoms with Gasteiger partial charge in [0.15, 0.2) is 0 Å². The Morgan fingerprint density at radius 1 is 0.643 bits per heavy atom. The van der Waals surface area contributed by atoms with Crippen LogP contribution in [0.1, 0.15) is 91.9 Å². The Morgan fingerprint density at radius 2 is 1.02 bits per heavy atom. The van der Waals surface area contributed by atoms with Crippen LogP contribution in [-0.2, 0) is 52.4 Å². The van der Waals surface area contributed by atoms with Crippen LogP contribution in [0.2, 0.25) is 36.3 Å². The van der Waals surface area contributed by atoms with Gasteiger partial charge in [0.05, 0.1) is 16.1 Å². The van der Waals surface area contributed by atoms with Crippen molar-refractivity contribution in [2.24, 2.45) is 0 Å². The Labute approximate surface area is 313 Å². The van der Waals surface area contributed by atoms with E-state index in [1.54, 1.807) is 36.3 Å². The van der Waals surface area contributed by atoms with Crippen LogP contribution in [0.3, 0.4) is 0 Å². The Kier molecular flexibility index (Phi) is 26.5. The molecule has 0 aromatic heterocycles. The van der Waals surface area contributed by atoms with Crippen molar-refractivity contribution in [3.05, 3.63) is 94.5 Å². The summed E-state index contributed by atoms with van der Waals surface area (Å²) in [5, 5.41) is 3.77. The molecular weight excluding hydrogens is 742 g/mol. The molecular formula is C36H54Cl2Si2Zr2-4. The summed E-state index contributed by atoms with van der Waals surface area (Å²) in [5.41, 5.74) is 3.05. The number of hydrogen-bond acceptors (Lipinski definition) is 0. The molecule has 0 spiro atoms. The second-order valence-electron chi connectivity index (χ2n) is 12.1. The Balaban J connectivity index is 0. The second-order valence-corrected chi connectivity index (χ2v) is 21.5. The van der Waals surface area contributed by atoms with Gasteiger partial charge in [0, 0.05) is 52.4 Å². The molecule has 6 rings (SSSR count). The van der Waals surface area contributed by atoms with Gasteiger partial charge in [-0.05, 0) is 26.7 Å². The smallest absolute Gasteiger partial charge is 0.0819 e. The van der Waals surface area contributed by atoms with Gasteiger partial charge in [-0.1, -0.05) is 134 Å². The molecule has 0 aromatic carbocycles. The van der Waals surface area contributed by atoms with Crippen LogP contribution >= 0.6 is 0 Å². The molecule has 0 nitrogen and oxygen atoms in total. The standard InChI is InChI=1S/2C13H22Si.2C5H5.2ClH.2Zr/c2*1-3-4-8-14(9-5-10-14)13-7-6-12(2)11-13;2*1-2-4-5-3-1;;;;/h2*6,11H,3-5,7-10H2,1-2H3;2*1-3H,4H2;2*1H;;/q;;2*-1;;;;/p-2. The van der Waals surface area contributed by atoms with E-state index in [1.165, 1.54) is 62.5 Å². The van der Waals surface area contributed by atoms with Crippen molar-refractivity contribution in [1.29, 1.82) is 0 Å². The summed E-state index contributed by atoms with van der Waals surface area (Å²) < 4.78 is 0. The van der Waals surface area contributed by atoms with E-state index in [-0.39, 0.29) is 77.2 Å². The van der Waals surface area contributed by atoms with Gasteiger partial charge in [-0.2, -0.15) is 12.2 Å². The molecule has 0 unspecified atom stereocenters. The molecule has 232 valence electrons. The molecule has 6 aliphatic rings. The zero-order chi connectivity index (χ0) is 27.1. The monoisotopic (exact) mass is 792 g/mol. The first-order chi connectivity index (χ1) is 18.5. The minimum atomic E-state index is -0.864. The van der Waals surface area contributed by atoms with Gasteiger partial charge >= 0.3 is 0 Å². The molecule has 2 aliphatic heterocycles. The van der Waals surface area contributed by atoms with Crippen LogP contribution in [0.5, 0.6) is 0 Å². The third-order valence-corrected chi connectivity index (χ3v) is 20.6. The predicted octanol–water partition coefficient (Wildman–Crippen LogP) is 5.52. The Bertz CT molecular complexity index is 894. The van der Waals surface area contributed by atoms with Crippen molar-refractivity contribution in [3.63, 3.8) is 0 Å². The first-order valence-corrected chi connectivity index (χ1v) is 21.0. The van der Waals surface area contributed by atoms with E-state index in [0.29, 0.717) is 0 Å². The Hall–Kier alpha value is 0.700. The molecule has 0 amide bonds. The van der Waals surface area contributed by atoms with E-state index < -0.39 is 16.1 Å². The first kappa shape index (κ1) is 44.8. The zero-order valence-electron chi connectivity index (χ0n) is 26.8. The minimum Gasteiger partial charge on any atom is -1.00 e. The maximum Gasteiger partial charge on any atom is 0.0819 e. The number of hydrogen-bond donors (Lipinski definition) is 0. The summed E-state index contributed by atoms with van der Waals surface area (Å²) in [6.45, 7) is 9.17. The van der Waals surface area contributed by atoms with Gasteiger partial charge in [-0.25, -0.2) is 24.3 Å². The normalized spacial score (nSPS) is 20.3. The molecule has 4 aliphatic carbocycles. The molecule has 6 heteroatoms. The summed E-state index contributed by atoms with van der Waals surface area (Å²) in [6.07, 6.45) is 41.3. The SMILES string of the molecule is CCCC[Si]1(C2=CC(C)=CC2)CCC1.CCCC[Si]1(C2=CC(C)=CC2)CCC1.[C-]1=CC=CC1.[C-]1=CC=CC1.[Cl-].[Cl-].[Zr].[Zr]. The number of rotatable bonds is 8. The van der Waals surface area contributed by atoms with Crippen LogP contribution < -0.4 is 24.8 Å². The van der Waals surface area contributed by atoms with E-state index in [4.69, 9.17) is 0 Å². The van der Waals surface area contributed by atoms with Crippen LogP contribution in [0.4, 0.5) is 0 Å². The fraction of sp³-hybridized carbons (Fsp3) is 0.556. The summed E-state index contributed by atoms with van der Waals surface area (Å²) >= 11 is 0. The quantitative estimate of drug-likeness (QED) is 0.225. The maximum absolute atomic E-state index is 2.99. The van der Waals surface area contributed by atoms with Crippen molar-refractivity contribution in [2.45, 2.75) is 128 Å². The van der Waals surface area contributed by atoms with E-state index in [2.05, 4.69) is 76.3 Å². The van der Waals surface area contributed by atoms with Gasteiger partial charge in [-0.15, -0.1) is 12.8 Å². The minimum absolute atomic E-state index is 0. The fourth-order valence-corrected chi connectivity index (χ4v) is 16.0. The topological polar surface area (TPSA) is 0 Å². The van der Waals surface area contributed by atoms with Crippen LogP contribution in [0.15, 0.2) is 82.3 Å². The molecule has 2 saturated heterocycles. The van der Waals surface area contributed by atoms with Crippen LogP contribution in [-0.4, -0.2) is 16.1 Å². The zero-order valence-corrected chi connectivity index (χ0v) is 35.3. The molecule has 2 heterocycles. The van der Waals surface area contributed by atoms with Crippen molar-refractivity contribution in [3.8, 4) is 0 Å². The fourth-order valence-electron chi connectivity index (χ4n) is 6.45. The average molecular weight is 796 g/mol. The van der Waals surface area contributed by atoms with Crippen molar-refractivity contribution < 1.29 is 77.2 Å². The van der Waals surface area contributed by atoms with E-state index in [1.807, 2.05) is 34.7 Å². The summed E-state index contributed by atoms with van der Waals surface area (Å²) in [6, 6.07) is 9.55. The van der Waals surface area contributed by atoms with Crippen LogP contribution in [0, 0.1) is 12.2 Å². The molecule has 0 N–H and O–H groups in total. The average Bonchev–Trinajstić information content (AvgIpc) is 3.69. The summed E-state index contributed by atoms with van der Waals surface area (Å²) in [7, 11) is -1.73. The summed E-state index contributed by atoms with van der Waals surface area (Å²) in [4.78, 5) is 0. The number of unbranched alkanes of at least 4 members (excludes halogenated alkanes) is 2. The van der Waals surface area contributed by atoms with E-state index in [0.717, 1.165) is 12.8 Å². The molecule has 0 bridgehead atoms. The third-order valence-electron chi connectivity index (χ3n) is 9.26. The Morgan fingerprint density at radius 3 is 1.19 bits per heavy atom. The largest absolute Gasteiger partial charge is 1.00 e. The first-order valence-electron chi connectivity index (χ1n) is 15.7. The number of halogens is 2. The molecule has 42 heavy (non-hydrogen) atoms. The molecule has 2 fully saturated rings. The molecule has 0 saturated carbocycles. The van der Waals surface area contributed by atoms with Gasteiger partial charge in [0.2, 0.25) is 0 Å². The van der Waals surface area contributed by atoms with Crippen molar-refractivity contribution in [1.82, 2.24) is 0 Å². The molecule has 0 radical (unpaired) electrons. The number of allylic oxidation sites excluding steroid dienone is 16. The van der Waals surface area contributed by atoms with Gasteiger partial charge in [0.1, 0.15) is 0 Å². The summed E-state index contributed by atoms with van der Waals surface area (Å²) in [5.74, 6) is 0. The maximum atomic E-state index is 2.99. The molecule has 0 aromatic rings. The van der Waals surface area contributed by atoms with Crippen molar-refractivity contribution in [2.75, 3.05) is 0 Å².